The van der Waals surface area contributed by atoms with Crippen molar-refractivity contribution in [2.24, 2.45) is 5.92 Å². The molecular weight excluding hydrogens is 214 g/mol. The number of hydrogen-bond acceptors (Lipinski definition) is 3. The number of methoxy groups -OCH3 is 1. The maximum absolute atomic E-state index is 11.5. The molecule has 0 bridgehead atoms. The highest BCUT2D eigenvalue weighted by Gasteiger charge is 2.26. The number of esters is 1. The quantitative estimate of drug-likeness (QED) is 0.734. The van der Waals surface area contributed by atoms with E-state index in [9.17, 15) is 4.79 Å². The lowest BCUT2D eigenvalue weighted by molar-refractivity contribution is -0.145. The summed E-state index contributed by atoms with van der Waals surface area (Å²) in [6.07, 6.45) is 1.99. The zero-order chi connectivity index (χ0) is 12.3. The number of anilines is 1. The maximum atomic E-state index is 11.5. The Morgan fingerprint density at radius 2 is 2.06 bits per heavy atom. The van der Waals surface area contributed by atoms with Crippen molar-refractivity contribution in [1.29, 1.82) is 0 Å². The van der Waals surface area contributed by atoms with Gasteiger partial charge in [0.2, 0.25) is 0 Å². The van der Waals surface area contributed by atoms with E-state index in [2.05, 4.69) is 36.1 Å². The van der Waals surface area contributed by atoms with E-state index in [1.807, 2.05) is 0 Å². The Kier molecular flexibility index (Phi) is 3.67. The van der Waals surface area contributed by atoms with E-state index in [0.717, 1.165) is 25.9 Å². The van der Waals surface area contributed by atoms with Crippen LogP contribution in [0.5, 0.6) is 0 Å². The fourth-order valence-electron chi connectivity index (χ4n) is 2.33. The minimum Gasteiger partial charge on any atom is -0.469 e. The van der Waals surface area contributed by atoms with Crippen LogP contribution in [0.1, 0.15) is 18.4 Å². The molecule has 1 saturated heterocycles. The van der Waals surface area contributed by atoms with Crippen molar-refractivity contribution in [1.82, 2.24) is 0 Å². The van der Waals surface area contributed by atoms with Crippen LogP contribution in [0.3, 0.4) is 0 Å². The molecule has 17 heavy (non-hydrogen) atoms. The van der Waals surface area contributed by atoms with Gasteiger partial charge >= 0.3 is 5.97 Å². The molecule has 1 aromatic rings. The number of rotatable bonds is 2. The third kappa shape index (κ3) is 2.78. The molecule has 0 N–H and O–H groups in total. The number of aryl methyl sites for hydroxylation is 1. The predicted molar refractivity (Wildman–Crippen MR) is 68.1 cm³/mol. The smallest absolute Gasteiger partial charge is 0.310 e. The summed E-state index contributed by atoms with van der Waals surface area (Å²) in [5.74, 6) is -0.0585. The first-order valence-corrected chi connectivity index (χ1v) is 6.10. The predicted octanol–water partition coefficient (Wildman–Crippen LogP) is 2.38. The van der Waals surface area contributed by atoms with Crippen LogP contribution < -0.4 is 4.90 Å². The van der Waals surface area contributed by atoms with Crippen molar-refractivity contribution in [2.75, 3.05) is 25.1 Å². The second kappa shape index (κ2) is 5.21. The number of nitrogens with zero attached hydrogens (tertiary/aromatic N) is 1. The van der Waals surface area contributed by atoms with Gasteiger partial charge in [0.05, 0.1) is 13.0 Å². The highest BCUT2D eigenvalue weighted by Crippen LogP contribution is 2.24. The van der Waals surface area contributed by atoms with Gasteiger partial charge < -0.3 is 9.64 Å². The van der Waals surface area contributed by atoms with E-state index in [4.69, 9.17) is 4.74 Å². The Labute approximate surface area is 102 Å². The van der Waals surface area contributed by atoms with Gasteiger partial charge in [0.25, 0.3) is 0 Å². The minimum atomic E-state index is -0.0817. The molecule has 1 aliphatic heterocycles. The molecule has 1 fully saturated rings. The van der Waals surface area contributed by atoms with E-state index >= 15 is 0 Å². The van der Waals surface area contributed by atoms with Crippen LogP contribution in [0, 0.1) is 12.8 Å². The third-order valence-corrected chi connectivity index (χ3v) is 3.36. The van der Waals surface area contributed by atoms with Crippen molar-refractivity contribution < 1.29 is 9.53 Å². The standard InChI is InChI=1S/C14H19NO2/c1-11-5-7-13(8-6-11)15-9-3-4-12(10-15)14(16)17-2/h5-8,12H,3-4,9-10H2,1-2H3. The molecule has 1 heterocycles. The Morgan fingerprint density at radius 3 is 2.71 bits per heavy atom. The van der Waals surface area contributed by atoms with Gasteiger partial charge in [-0.1, -0.05) is 17.7 Å². The highest BCUT2D eigenvalue weighted by molar-refractivity contribution is 5.73. The Morgan fingerprint density at radius 1 is 1.35 bits per heavy atom. The number of benzene rings is 1. The summed E-state index contributed by atoms with van der Waals surface area (Å²) in [6.45, 7) is 3.88. The summed E-state index contributed by atoms with van der Waals surface area (Å²) in [5.41, 5.74) is 2.46. The number of carbonyl (C=O) groups excluding carboxylic acids is 1. The van der Waals surface area contributed by atoms with Crippen molar-refractivity contribution in [3.8, 4) is 0 Å². The van der Waals surface area contributed by atoms with Crippen LogP contribution in [-0.2, 0) is 9.53 Å². The first kappa shape index (κ1) is 12.0. The van der Waals surface area contributed by atoms with Gasteiger partial charge in [-0.25, -0.2) is 0 Å². The molecule has 3 heteroatoms. The molecule has 2 rings (SSSR count). The van der Waals surface area contributed by atoms with Crippen LogP contribution in [-0.4, -0.2) is 26.2 Å². The van der Waals surface area contributed by atoms with Gasteiger partial charge in [-0.3, -0.25) is 4.79 Å². The molecule has 92 valence electrons. The first-order valence-electron chi connectivity index (χ1n) is 6.10. The fourth-order valence-corrected chi connectivity index (χ4v) is 2.33. The molecule has 0 aromatic heterocycles. The van der Waals surface area contributed by atoms with Gasteiger partial charge in [0.15, 0.2) is 0 Å². The lowest BCUT2D eigenvalue weighted by Gasteiger charge is -2.33. The Balaban J connectivity index is 2.06. The topological polar surface area (TPSA) is 29.5 Å². The summed E-state index contributed by atoms with van der Waals surface area (Å²) in [5, 5.41) is 0. The number of ether oxygens (including phenoxy) is 1. The number of piperidine rings is 1. The lowest BCUT2D eigenvalue weighted by atomic mass is 9.97. The Bertz CT molecular complexity index is 386. The van der Waals surface area contributed by atoms with Crippen LogP contribution in [0.4, 0.5) is 5.69 Å². The van der Waals surface area contributed by atoms with Crippen LogP contribution in [0.2, 0.25) is 0 Å². The average molecular weight is 233 g/mol. The van der Waals surface area contributed by atoms with E-state index in [-0.39, 0.29) is 11.9 Å². The summed E-state index contributed by atoms with van der Waals surface area (Å²) in [6, 6.07) is 8.46. The van der Waals surface area contributed by atoms with Gasteiger partial charge in [-0.2, -0.15) is 0 Å². The second-order valence-electron chi connectivity index (χ2n) is 4.64. The largest absolute Gasteiger partial charge is 0.469 e. The molecule has 1 atom stereocenters. The minimum absolute atomic E-state index is 0.0232. The molecule has 0 amide bonds. The summed E-state index contributed by atoms with van der Waals surface area (Å²) < 4.78 is 4.83. The van der Waals surface area contributed by atoms with Gasteiger partial charge in [-0.15, -0.1) is 0 Å². The number of hydrogen-bond donors (Lipinski definition) is 0. The van der Waals surface area contributed by atoms with Crippen LogP contribution in [0.25, 0.3) is 0 Å². The lowest BCUT2D eigenvalue weighted by Crippen LogP contribution is -2.39. The summed E-state index contributed by atoms with van der Waals surface area (Å²) in [4.78, 5) is 13.8. The van der Waals surface area contributed by atoms with Crippen molar-refractivity contribution in [2.45, 2.75) is 19.8 Å². The van der Waals surface area contributed by atoms with E-state index in [1.54, 1.807) is 0 Å². The van der Waals surface area contributed by atoms with Crippen LogP contribution >= 0.6 is 0 Å². The van der Waals surface area contributed by atoms with E-state index in [0.29, 0.717) is 0 Å². The normalized spacial score (nSPS) is 20.1. The summed E-state index contributed by atoms with van der Waals surface area (Å²) in [7, 11) is 1.47. The second-order valence-corrected chi connectivity index (χ2v) is 4.64. The van der Waals surface area contributed by atoms with E-state index in [1.165, 1.54) is 18.4 Å². The maximum Gasteiger partial charge on any atom is 0.310 e. The van der Waals surface area contributed by atoms with Gasteiger partial charge in [0.1, 0.15) is 0 Å². The van der Waals surface area contributed by atoms with Gasteiger partial charge in [-0.05, 0) is 31.9 Å². The fraction of sp³-hybridized carbons (Fsp3) is 0.500. The molecule has 0 aliphatic carbocycles. The molecule has 1 aromatic carbocycles. The molecule has 0 spiro atoms. The third-order valence-electron chi connectivity index (χ3n) is 3.36. The summed E-state index contributed by atoms with van der Waals surface area (Å²) >= 11 is 0. The number of carbonyl (C=O) groups is 1. The Hall–Kier alpha value is -1.51. The van der Waals surface area contributed by atoms with Gasteiger partial charge in [0, 0.05) is 18.8 Å². The SMILES string of the molecule is COC(=O)C1CCCN(c2ccc(C)cc2)C1. The highest BCUT2D eigenvalue weighted by atomic mass is 16.5. The molecule has 1 aliphatic rings. The average Bonchev–Trinajstić information content (AvgIpc) is 2.39. The van der Waals surface area contributed by atoms with Crippen molar-refractivity contribution in [3.05, 3.63) is 29.8 Å². The van der Waals surface area contributed by atoms with Crippen molar-refractivity contribution >= 4 is 11.7 Å². The molecule has 0 saturated carbocycles. The first-order chi connectivity index (χ1) is 8.20. The zero-order valence-electron chi connectivity index (χ0n) is 10.5. The molecule has 1 unspecified atom stereocenters. The molecule has 3 nitrogen and oxygen atoms in total. The van der Waals surface area contributed by atoms with E-state index < -0.39 is 0 Å². The molecule has 0 radical (unpaired) electrons. The zero-order valence-corrected chi connectivity index (χ0v) is 10.5. The van der Waals surface area contributed by atoms with Crippen LogP contribution in [0.15, 0.2) is 24.3 Å². The van der Waals surface area contributed by atoms with Crippen molar-refractivity contribution in [3.63, 3.8) is 0 Å². The monoisotopic (exact) mass is 233 g/mol. The molecular formula is C14H19NO2.